The van der Waals surface area contributed by atoms with Gasteiger partial charge in [0.25, 0.3) is 5.91 Å². The summed E-state index contributed by atoms with van der Waals surface area (Å²) < 4.78 is 34.2. The molecule has 1 amide bonds. The minimum Gasteiger partial charge on any atom is -0.378 e. The van der Waals surface area contributed by atoms with E-state index in [0.29, 0.717) is 41.9 Å². The molecule has 1 aromatic carbocycles. The number of carbonyl (C=O) groups excluding carboxylic acids is 1. The third-order valence-corrected chi connectivity index (χ3v) is 7.42. The number of nitrogens with zero attached hydrogens (tertiary/aromatic N) is 4. The van der Waals surface area contributed by atoms with Crippen LogP contribution in [0.3, 0.4) is 0 Å². The highest BCUT2D eigenvalue weighted by Gasteiger charge is 2.26. The number of hydrogen-bond acceptors (Lipinski definition) is 8. The van der Waals surface area contributed by atoms with Gasteiger partial charge in [-0.25, -0.2) is 18.7 Å². The van der Waals surface area contributed by atoms with Gasteiger partial charge in [-0.3, -0.25) is 9.89 Å². The molecule has 4 aromatic rings. The molecule has 0 unspecified atom stereocenters. The van der Waals surface area contributed by atoms with Crippen LogP contribution >= 0.6 is 0 Å². The molecule has 0 bridgehead atoms. The Morgan fingerprint density at radius 2 is 1.88 bits per heavy atom. The quantitative estimate of drug-likeness (QED) is 0.208. The first kappa shape index (κ1) is 27.6. The summed E-state index contributed by atoms with van der Waals surface area (Å²) in [6.45, 7) is 4.68. The average Bonchev–Trinajstić information content (AvgIpc) is 3.76. The summed E-state index contributed by atoms with van der Waals surface area (Å²) in [6.07, 6.45) is 3.75. The Morgan fingerprint density at radius 1 is 1.10 bits per heavy atom. The van der Waals surface area contributed by atoms with E-state index in [-0.39, 0.29) is 30.1 Å². The first-order chi connectivity index (χ1) is 20.4. The number of aromatic amines is 1. The molecular weight excluding hydrogens is 542 g/mol. The van der Waals surface area contributed by atoms with Crippen molar-refractivity contribution in [2.24, 2.45) is 0 Å². The number of nitrogens with one attached hydrogen (secondary N) is 4. The van der Waals surface area contributed by atoms with Gasteiger partial charge in [-0.15, -0.1) is 0 Å². The molecule has 2 aliphatic rings. The molecule has 12 heteroatoms. The summed E-state index contributed by atoms with van der Waals surface area (Å²) >= 11 is 0. The number of pyridine rings is 2. The lowest BCUT2D eigenvalue weighted by molar-refractivity contribution is 0.0950. The lowest BCUT2D eigenvalue weighted by Crippen LogP contribution is -2.36. The Bertz CT molecular complexity index is 1530. The monoisotopic (exact) mass is 574 g/mol. The van der Waals surface area contributed by atoms with Gasteiger partial charge in [-0.05, 0) is 55.7 Å². The number of ether oxygens (including phenoxy) is 1. The van der Waals surface area contributed by atoms with Gasteiger partial charge in [0.2, 0.25) is 0 Å². The summed E-state index contributed by atoms with van der Waals surface area (Å²) in [5.41, 5.74) is 2.66. The minimum atomic E-state index is -0.591. The maximum Gasteiger partial charge on any atom is 0.253 e. The molecule has 1 saturated carbocycles. The number of H-pyrrole nitrogens is 1. The van der Waals surface area contributed by atoms with Gasteiger partial charge in [-0.2, -0.15) is 5.10 Å². The fourth-order valence-corrected chi connectivity index (χ4v) is 4.82. The number of morpholine rings is 1. The lowest BCUT2D eigenvalue weighted by Gasteiger charge is -2.27. The normalized spacial score (nSPS) is 15.7. The third-order valence-electron chi connectivity index (χ3n) is 7.42. The van der Waals surface area contributed by atoms with E-state index in [9.17, 15) is 9.18 Å². The molecule has 0 radical (unpaired) electrons. The van der Waals surface area contributed by atoms with Gasteiger partial charge in [0.05, 0.1) is 18.8 Å². The smallest absolute Gasteiger partial charge is 0.253 e. The van der Waals surface area contributed by atoms with Crippen LogP contribution in [0.4, 0.5) is 32.1 Å². The van der Waals surface area contributed by atoms with Crippen molar-refractivity contribution in [3.63, 3.8) is 0 Å². The van der Waals surface area contributed by atoms with Crippen molar-refractivity contribution < 1.29 is 18.3 Å². The fourth-order valence-electron chi connectivity index (χ4n) is 4.82. The topological polar surface area (TPSA) is 120 Å². The molecule has 1 saturated heterocycles. The number of halogens is 2. The molecule has 1 aliphatic carbocycles. The van der Waals surface area contributed by atoms with Crippen LogP contribution in [-0.4, -0.2) is 52.4 Å². The van der Waals surface area contributed by atoms with E-state index < -0.39 is 5.82 Å². The number of aromatic nitrogens is 4. The van der Waals surface area contributed by atoms with E-state index in [1.165, 1.54) is 24.4 Å². The highest BCUT2D eigenvalue weighted by atomic mass is 19.1. The van der Waals surface area contributed by atoms with Gasteiger partial charge in [0.1, 0.15) is 17.5 Å². The fraction of sp³-hybridized carbons (Fsp3) is 0.333. The van der Waals surface area contributed by atoms with Gasteiger partial charge in [0.15, 0.2) is 17.5 Å². The molecule has 4 N–H and O–H groups in total. The number of amides is 1. The van der Waals surface area contributed by atoms with Crippen molar-refractivity contribution in [1.29, 1.82) is 0 Å². The van der Waals surface area contributed by atoms with Gasteiger partial charge >= 0.3 is 0 Å². The van der Waals surface area contributed by atoms with Crippen LogP contribution in [-0.2, 0) is 11.3 Å². The maximum absolute atomic E-state index is 15.3. The highest BCUT2D eigenvalue weighted by molar-refractivity contribution is 5.94. The summed E-state index contributed by atoms with van der Waals surface area (Å²) in [5, 5.41) is 16.3. The predicted molar refractivity (Wildman–Crippen MR) is 155 cm³/mol. The van der Waals surface area contributed by atoms with Gasteiger partial charge < -0.3 is 25.6 Å². The van der Waals surface area contributed by atoms with E-state index in [2.05, 4.69) is 41.0 Å². The first-order valence-electron chi connectivity index (χ1n) is 14.0. The Hall–Kier alpha value is -4.58. The number of hydrogen-bond donors (Lipinski definition) is 4. The van der Waals surface area contributed by atoms with E-state index in [1.807, 2.05) is 19.1 Å². The van der Waals surface area contributed by atoms with E-state index in [4.69, 9.17) is 4.74 Å². The molecule has 2 fully saturated rings. The van der Waals surface area contributed by atoms with Crippen molar-refractivity contribution >= 4 is 29.2 Å². The van der Waals surface area contributed by atoms with Crippen molar-refractivity contribution in [3.05, 3.63) is 88.7 Å². The molecule has 6 rings (SSSR count). The second-order valence-corrected chi connectivity index (χ2v) is 10.5. The molecule has 42 heavy (non-hydrogen) atoms. The highest BCUT2D eigenvalue weighted by Crippen LogP contribution is 2.39. The van der Waals surface area contributed by atoms with Crippen molar-refractivity contribution in [2.75, 3.05) is 41.8 Å². The number of benzene rings is 1. The third kappa shape index (κ3) is 6.49. The van der Waals surface area contributed by atoms with E-state index in [1.54, 1.807) is 18.2 Å². The summed E-state index contributed by atoms with van der Waals surface area (Å²) in [6, 6.07) is 12.6. The summed E-state index contributed by atoms with van der Waals surface area (Å²) in [7, 11) is 0. The minimum absolute atomic E-state index is 0.00405. The van der Waals surface area contributed by atoms with Crippen molar-refractivity contribution in [1.82, 2.24) is 25.5 Å². The Kier molecular flexibility index (Phi) is 7.95. The molecule has 0 spiro atoms. The first-order valence-corrected chi connectivity index (χ1v) is 14.0. The molecule has 1 aliphatic heterocycles. The second kappa shape index (κ2) is 12.1. The van der Waals surface area contributed by atoms with Crippen LogP contribution in [0.5, 0.6) is 0 Å². The maximum atomic E-state index is 15.3. The second-order valence-electron chi connectivity index (χ2n) is 10.5. The standard InChI is InChI=1S/C30H32F2N8O2/c1-18(19-4-7-23(31)8-5-19)35-28-22(14-24(32)29(37-28)36-26-15-25(38-39-26)20-2-3-20)17-34-30(41)21-6-9-27(33-16-21)40-10-12-42-13-11-40/h4-9,14-16,18,20H,2-3,10-13,17H2,1H3,(H,34,41)(H3,35,36,37,38,39)/t18-/m0/s1. The SMILES string of the molecule is C[C@H](Nc1nc(Nc2cc(C3CC3)[nH]n2)c(F)cc1CNC(=O)c1ccc(N2CCOCC2)nc1)c1ccc(F)cc1. The largest absolute Gasteiger partial charge is 0.378 e. The summed E-state index contributed by atoms with van der Waals surface area (Å²) in [5.74, 6) is 0.813. The molecule has 3 aromatic heterocycles. The average molecular weight is 575 g/mol. The van der Waals surface area contributed by atoms with Crippen LogP contribution in [0.25, 0.3) is 0 Å². The predicted octanol–water partition coefficient (Wildman–Crippen LogP) is 5.04. The Balaban J connectivity index is 1.19. The Morgan fingerprint density at radius 3 is 2.60 bits per heavy atom. The van der Waals surface area contributed by atoms with Gasteiger partial charge in [-0.1, -0.05) is 12.1 Å². The zero-order valence-electron chi connectivity index (χ0n) is 23.2. The number of carbonyl (C=O) groups is 1. The van der Waals surface area contributed by atoms with Crippen LogP contribution in [0.15, 0.2) is 54.7 Å². The summed E-state index contributed by atoms with van der Waals surface area (Å²) in [4.78, 5) is 24.0. The van der Waals surface area contributed by atoms with Crippen molar-refractivity contribution in [3.8, 4) is 0 Å². The zero-order valence-corrected chi connectivity index (χ0v) is 23.2. The lowest BCUT2D eigenvalue weighted by atomic mass is 10.1. The van der Waals surface area contributed by atoms with E-state index >= 15 is 4.39 Å². The molecule has 10 nitrogen and oxygen atoms in total. The van der Waals surface area contributed by atoms with Crippen molar-refractivity contribution in [2.45, 2.75) is 38.3 Å². The molecular formula is C30H32F2N8O2. The van der Waals surface area contributed by atoms with E-state index in [0.717, 1.165) is 43.0 Å². The molecule has 1 atom stereocenters. The Labute approximate surface area is 241 Å². The number of anilines is 4. The van der Waals surface area contributed by atoms with Crippen LogP contribution in [0.2, 0.25) is 0 Å². The number of rotatable bonds is 10. The molecule has 4 heterocycles. The van der Waals surface area contributed by atoms with Crippen LogP contribution in [0, 0.1) is 11.6 Å². The van der Waals surface area contributed by atoms with Crippen LogP contribution in [0.1, 0.15) is 58.9 Å². The zero-order chi connectivity index (χ0) is 29.1. The van der Waals surface area contributed by atoms with Gasteiger partial charge in [0, 0.05) is 55.1 Å². The molecule has 218 valence electrons. The van der Waals surface area contributed by atoms with Crippen LogP contribution < -0.4 is 20.9 Å².